The highest BCUT2D eigenvalue weighted by Crippen LogP contribution is 2.17. The van der Waals surface area contributed by atoms with Gasteiger partial charge in [-0.1, -0.05) is 12.1 Å². The van der Waals surface area contributed by atoms with Crippen LogP contribution in [0.4, 0.5) is 5.69 Å². The van der Waals surface area contributed by atoms with E-state index in [1.54, 1.807) is 19.1 Å². The van der Waals surface area contributed by atoms with Gasteiger partial charge in [0.1, 0.15) is 0 Å². The second-order valence-electron chi connectivity index (χ2n) is 4.96. The van der Waals surface area contributed by atoms with E-state index < -0.39 is 4.92 Å². The Hall–Kier alpha value is -2.63. The molecule has 0 amide bonds. The van der Waals surface area contributed by atoms with E-state index >= 15 is 0 Å². The topological polar surface area (TPSA) is 74.4 Å². The summed E-state index contributed by atoms with van der Waals surface area (Å²) >= 11 is 0. The van der Waals surface area contributed by atoms with Gasteiger partial charge in [-0.3, -0.25) is 14.9 Å². The van der Waals surface area contributed by atoms with Gasteiger partial charge in [-0.05, 0) is 24.6 Å². The number of ether oxygens (including phenoxy) is 1. The standard InChI is InChI=1S/C16H18N2O4/c1-3-22-16(19)11-15-9-8-14(17(15)2)10-12-4-6-13(7-5-12)18(20)21/h4-9H,3,10-11H2,1-2H3. The number of non-ortho nitro benzene ring substituents is 1. The average Bonchev–Trinajstić information content (AvgIpc) is 2.81. The van der Waals surface area contributed by atoms with Gasteiger partial charge in [0, 0.05) is 37.0 Å². The van der Waals surface area contributed by atoms with Crippen LogP contribution in [0.2, 0.25) is 0 Å². The van der Waals surface area contributed by atoms with Crippen molar-refractivity contribution in [2.45, 2.75) is 19.8 Å². The Bertz CT molecular complexity index is 674. The number of hydrogen-bond acceptors (Lipinski definition) is 4. The molecule has 1 heterocycles. The summed E-state index contributed by atoms with van der Waals surface area (Å²) in [5, 5.41) is 10.6. The largest absolute Gasteiger partial charge is 0.466 e. The van der Waals surface area contributed by atoms with Gasteiger partial charge in [0.05, 0.1) is 18.0 Å². The number of carbonyl (C=O) groups excluding carboxylic acids is 1. The van der Waals surface area contributed by atoms with Gasteiger partial charge in [-0.2, -0.15) is 0 Å². The number of aromatic nitrogens is 1. The van der Waals surface area contributed by atoms with Crippen LogP contribution in [0.5, 0.6) is 0 Å². The van der Waals surface area contributed by atoms with Crippen molar-refractivity contribution in [1.82, 2.24) is 4.57 Å². The summed E-state index contributed by atoms with van der Waals surface area (Å²) in [4.78, 5) is 21.8. The van der Waals surface area contributed by atoms with E-state index in [4.69, 9.17) is 4.74 Å². The smallest absolute Gasteiger partial charge is 0.311 e. The van der Waals surface area contributed by atoms with Gasteiger partial charge < -0.3 is 9.30 Å². The summed E-state index contributed by atoms with van der Waals surface area (Å²) in [6.45, 7) is 2.15. The van der Waals surface area contributed by atoms with E-state index in [0.29, 0.717) is 13.0 Å². The monoisotopic (exact) mass is 302 g/mol. The van der Waals surface area contributed by atoms with E-state index in [1.165, 1.54) is 12.1 Å². The summed E-state index contributed by atoms with van der Waals surface area (Å²) in [5.41, 5.74) is 2.98. The van der Waals surface area contributed by atoms with Crippen molar-refractivity contribution >= 4 is 11.7 Å². The van der Waals surface area contributed by atoms with Crippen molar-refractivity contribution in [3.63, 3.8) is 0 Å². The van der Waals surface area contributed by atoms with Gasteiger partial charge in [-0.25, -0.2) is 0 Å². The quantitative estimate of drug-likeness (QED) is 0.467. The molecule has 6 heteroatoms. The Morgan fingerprint density at radius 3 is 2.41 bits per heavy atom. The first kappa shape index (κ1) is 15.8. The molecule has 0 radical (unpaired) electrons. The van der Waals surface area contributed by atoms with Crippen LogP contribution in [0, 0.1) is 10.1 Å². The van der Waals surface area contributed by atoms with E-state index in [9.17, 15) is 14.9 Å². The normalized spacial score (nSPS) is 10.5. The SMILES string of the molecule is CCOC(=O)Cc1ccc(Cc2ccc([N+](=O)[O-])cc2)n1C. The predicted octanol–water partition coefficient (Wildman–Crippen LogP) is 2.63. The second kappa shape index (κ2) is 6.89. The third kappa shape index (κ3) is 3.72. The molecule has 2 aromatic rings. The molecule has 0 fully saturated rings. The fourth-order valence-electron chi connectivity index (χ4n) is 2.26. The molecule has 22 heavy (non-hydrogen) atoms. The first-order valence-electron chi connectivity index (χ1n) is 7.03. The van der Waals surface area contributed by atoms with Crippen LogP contribution in [0.3, 0.4) is 0 Å². The lowest BCUT2D eigenvalue weighted by molar-refractivity contribution is -0.384. The molecule has 0 saturated carbocycles. The van der Waals surface area contributed by atoms with Crippen molar-refractivity contribution in [3.8, 4) is 0 Å². The molecule has 0 N–H and O–H groups in total. The molecule has 0 aliphatic heterocycles. The first-order chi connectivity index (χ1) is 10.5. The Morgan fingerprint density at radius 1 is 1.18 bits per heavy atom. The van der Waals surface area contributed by atoms with Gasteiger partial charge in [0.2, 0.25) is 0 Å². The maximum Gasteiger partial charge on any atom is 0.311 e. The zero-order valence-electron chi connectivity index (χ0n) is 12.6. The number of hydrogen-bond donors (Lipinski definition) is 0. The van der Waals surface area contributed by atoms with Crippen molar-refractivity contribution < 1.29 is 14.5 Å². The molecule has 6 nitrogen and oxygen atoms in total. The fraction of sp³-hybridized carbons (Fsp3) is 0.312. The molecule has 1 aromatic carbocycles. The molecule has 0 atom stereocenters. The van der Waals surface area contributed by atoms with Crippen LogP contribution >= 0.6 is 0 Å². The highest BCUT2D eigenvalue weighted by atomic mass is 16.6. The zero-order chi connectivity index (χ0) is 16.1. The van der Waals surface area contributed by atoms with Crippen LogP contribution in [0.25, 0.3) is 0 Å². The number of benzene rings is 1. The number of nitro benzene ring substituents is 1. The number of esters is 1. The fourth-order valence-corrected chi connectivity index (χ4v) is 2.26. The Labute approximate surface area is 128 Å². The highest BCUT2D eigenvalue weighted by Gasteiger charge is 2.11. The van der Waals surface area contributed by atoms with Crippen molar-refractivity contribution in [2.24, 2.45) is 7.05 Å². The molecule has 0 aliphatic carbocycles. The molecule has 0 saturated heterocycles. The lowest BCUT2D eigenvalue weighted by Crippen LogP contribution is -2.11. The molecule has 116 valence electrons. The minimum Gasteiger partial charge on any atom is -0.466 e. The summed E-state index contributed by atoms with van der Waals surface area (Å²) in [6, 6.07) is 10.3. The first-order valence-corrected chi connectivity index (χ1v) is 7.03. The minimum atomic E-state index is -0.413. The Balaban J connectivity index is 2.09. The molecular formula is C16H18N2O4. The lowest BCUT2D eigenvalue weighted by Gasteiger charge is -2.08. The van der Waals surface area contributed by atoms with E-state index in [-0.39, 0.29) is 18.1 Å². The molecule has 1 aromatic heterocycles. The number of nitro groups is 1. The summed E-state index contributed by atoms with van der Waals surface area (Å²) in [6.07, 6.45) is 0.891. The molecule has 0 unspecified atom stereocenters. The number of carbonyl (C=O) groups is 1. The lowest BCUT2D eigenvalue weighted by atomic mass is 10.1. The van der Waals surface area contributed by atoms with E-state index in [0.717, 1.165) is 17.0 Å². The minimum absolute atomic E-state index is 0.0821. The van der Waals surface area contributed by atoms with E-state index in [1.807, 2.05) is 23.7 Å². The predicted molar refractivity (Wildman–Crippen MR) is 81.7 cm³/mol. The van der Waals surface area contributed by atoms with Crippen molar-refractivity contribution in [2.75, 3.05) is 6.61 Å². The van der Waals surface area contributed by atoms with E-state index in [2.05, 4.69) is 0 Å². The number of nitrogens with zero attached hydrogens (tertiary/aromatic N) is 2. The van der Waals surface area contributed by atoms with Gasteiger partial charge in [0.15, 0.2) is 0 Å². The van der Waals surface area contributed by atoms with Gasteiger partial charge >= 0.3 is 5.97 Å². The maximum absolute atomic E-state index is 11.5. The van der Waals surface area contributed by atoms with Crippen LogP contribution in [-0.4, -0.2) is 22.1 Å². The van der Waals surface area contributed by atoms with Crippen LogP contribution in [0.15, 0.2) is 36.4 Å². The van der Waals surface area contributed by atoms with Gasteiger partial charge in [-0.15, -0.1) is 0 Å². The van der Waals surface area contributed by atoms with Crippen molar-refractivity contribution in [1.29, 1.82) is 0 Å². The second-order valence-corrected chi connectivity index (χ2v) is 4.96. The summed E-state index contributed by atoms with van der Waals surface area (Å²) in [7, 11) is 1.90. The molecule has 0 spiro atoms. The zero-order valence-corrected chi connectivity index (χ0v) is 12.6. The summed E-state index contributed by atoms with van der Waals surface area (Å²) < 4.78 is 6.90. The Morgan fingerprint density at radius 2 is 1.82 bits per heavy atom. The highest BCUT2D eigenvalue weighted by molar-refractivity contribution is 5.72. The third-order valence-electron chi connectivity index (χ3n) is 3.49. The van der Waals surface area contributed by atoms with Crippen molar-refractivity contribution in [3.05, 3.63) is 63.5 Å². The van der Waals surface area contributed by atoms with Crippen LogP contribution in [-0.2, 0) is 29.4 Å². The Kier molecular flexibility index (Phi) is 4.93. The summed E-state index contributed by atoms with van der Waals surface area (Å²) in [5.74, 6) is -0.245. The molecule has 0 bridgehead atoms. The molecule has 2 rings (SSSR count). The molecular weight excluding hydrogens is 284 g/mol. The average molecular weight is 302 g/mol. The molecule has 0 aliphatic rings. The number of rotatable bonds is 6. The maximum atomic E-state index is 11.5. The third-order valence-corrected chi connectivity index (χ3v) is 3.49. The van der Waals surface area contributed by atoms with Crippen LogP contribution in [0.1, 0.15) is 23.9 Å². The van der Waals surface area contributed by atoms with Crippen LogP contribution < -0.4 is 0 Å². The van der Waals surface area contributed by atoms with Gasteiger partial charge in [0.25, 0.3) is 5.69 Å².